The van der Waals surface area contributed by atoms with Crippen LogP contribution in [0.3, 0.4) is 0 Å². The third-order valence-electron chi connectivity index (χ3n) is 2.84. The SMILES string of the molecule is CC(C)=CC=C1CCCC(=CC=C(C)C)C1=NO. The minimum absolute atomic E-state index is 0.747. The molecule has 98 valence electrons. The van der Waals surface area contributed by atoms with Gasteiger partial charge in [0.05, 0.1) is 0 Å². The van der Waals surface area contributed by atoms with E-state index in [2.05, 4.69) is 57.2 Å². The van der Waals surface area contributed by atoms with E-state index in [0.717, 1.165) is 36.1 Å². The van der Waals surface area contributed by atoms with Crippen LogP contribution in [0.5, 0.6) is 0 Å². The molecule has 0 unspecified atom stereocenters. The molecule has 0 aromatic heterocycles. The minimum atomic E-state index is 0.747. The van der Waals surface area contributed by atoms with Gasteiger partial charge in [-0.1, -0.05) is 40.6 Å². The van der Waals surface area contributed by atoms with E-state index in [1.54, 1.807) is 0 Å². The normalized spacial score (nSPS) is 19.9. The van der Waals surface area contributed by atoms with Gasteiger partial charge in [-0.2, -0.15) is 0 Å². The van der Waals surface area contributed by atoms with Gasteiger partial charge in [-0.05, 0) is 58.1 Å². The second-order valence-electron chi connectivity index (χ2n) is 5.17. The van der Waals surface area contributed by atoms with Crippen LogP contribution in [0.15, 0.2) is 51.8 Å². The van der Waals surface area contributed by atoms with Crippen molar-refractivity contribution in [2.45, 2.75) is 47.0 Å². The molecule has 0 spiro atoms. The van der Waals surface area contributed by atoms with Gasteiger partial charge in [0.2, 0.25) is 0 Å². The van der Waals surface area contributed by atoms with E-state index in [1.165, 1.54) is 11.1 Å². The lowest BCUT2D eigenvalue weighted by molar-refractivity contribution is 0.318. The fraction of sp³-hybridized carbons (Fsp3) is 0.438. The molecule has 1 saturated carbocycles. The van der Waals surface area contributed by atoms with Gasteiger partial charge in [-0.15, -0.1) is 0 Å². The van der Waals surface area contributed by atoms with E-state index in [-0.39, 0.29) is 0 Å². The zero-order valence-corrected chi connectivity index (χ0v) is 11.8. The van der Waals surface area contributed by atoms with Gasteiger partial charge >= 0.3 is 0 Å². The van der Waals surface area contributed by atoms with Crippen molar-refractivity contribution in [2.24, 2.45) is 5.16 Å². The Hall–Kier alpha value is -1.57. The third kappa shape index (κ3) is 4.36. The Kier molecular flexibility index (Phi) is 5.63. The Labute approximate surface area is 110 Å². The van der Waals surface area contributed by atoms with Crippen molar-refractivity contribution in [2.75, 3.05) is 0 Å². The lowest BCUT2D eigenvalue weighted by atomic mass is 9.87. The highest BCUT2D eigenvalue weighted by Crippen LogP contribution is 2.26. The zero-order chi connectivity index (χ0) is 13.5. The van der Waals surface area contributed by atoms with E-state index >= 15 is 0 Å². The highest BCUT2D eigenvalue weighted by atomic mass is 16.4. The van der Waals surface area contributed by atoms with Crippen molar-refractivity contribution in [1.29, 1.82) is 0 Å². The van der Waals surface area contributed by atoms with Gasteiger partial charge in [0, 0.05) is 0 Å². The maximum Gasteiger partial charge on any atom is 0.109 e. The molecule has 0 amide bonds. The number of rotatable bonds is 2. The van der Waals surface area contributed by atoms with Crippen LogP contribution in [0.25, 0.3) is 0 Å². The summed E-state index contributed by atoms with van der Waals surface area (Å²) in [5.74, 6) is 0. The van der Waals surface area contributed by atoms with E-state index < -0.39 is 0 Å². The van der Waals surface area contributed by atoms with Gasteiger partial charge in [0.15, 0.2) is 0 Å². The maximum atomic E-state index is 9.23. The number of allylic oxidation sites excluding steroid dienone is 8. The van der Waals surface area contributed by atoms with Gasteiger partial charge in [-0.3, -0.25) is 0 Å². The monoisotopic (exact) mass is 245 g/mol. The molecular weight excluding hydrogens is 222 g/mol. The number of hydrogen-bond donors (Lipinski definition) is 1. The summed E-state index contributed by atoms with van der Waals surface area (Å²) in [6.45, 7) is 8.26. The lowest BCUT2D eigenvalue weighted by Crippen LogP contribution is -2.13. The van der Waals surface area contributed by atoms with Crippen LogP contribution in [0.1, 0.15) is 47.0 Å². The van der Waals surface area contributed by atoms with Crippen molar-refractivity contribution in [3.8, 4) is 0 Å². The molecule has 2 nitrogen and oxygen atoms in total. The number of nitrogens with zero attached hydrogens (tertiary/aromatic N) is 1. The average Bonchev–Trinajstić information content (AvgIpc) is 2.33. The molecule has 0 atom stereocenters. The summed E-state index contributed by atoms with van der Waals surface area (Å²) >= 11 is 0. The molecule has 1 aliphatic carbocycles. The first-order valence-electron chi connectivity index (χ1n) is 6.45. The standard InChI is InChI=1S/C16H23NO/c1-12(2)8-10-14-6-5-7-15(16(14)17-18)11-9-13(3)4/h8-11,18H,5-7H2,1-4H3. The highest BCUT2D eigenvalue weighted by molar-refractivity contribution is 6.13. The molecule has 0 heterocycles. The Balaban J connectivity index is 3.04. The Bertz CT molecular complexity index is 402. The van der Waals surface area contributed by atoms with Crippen molar-refractivity contribution >= 4 is 5.71 Å². The molecule has 0 aromatic carbocycles. The lowest BCUT2D eigenvalue weighted by Gasteiger charge is -2.18. The molecule has 0 aromatic rings. The van der Waals surface area contributed by atoms with Gasteiger partial charge < -0.3 is 5.21 Å². The van der Waals surface area contributed by atoms with Crippen molar-refractivity contribution in [3.63, 3.8) is 0 Å². The smallest absolute Gasteiger partial charge is 0.109 e. The van der Waals surface area contributed by atoms with Crippen LogP contribution >= 0.6 is 0 Å². The molecule has 0 aliphatic heterocycles. The summed E-state index contributed by atoms with van der Waals surface area (Å²) < 4.78 is 0. The quantitative estimate of drug-likeness (QED) is 0.551. The molecule has 0 bridgehead atoms. The highest BCUT2D eigenvalue weighted by Gasteiger charge is 2.18. The van der Waals surface area contributed by atoms with Crippen LogP contribution in [-0.4, -0.2) is 10.9 Å². The average molecular weight is 245 g/mol. The predicted octanol–water partition coefficient (Wildman–Crippen LogP) is 4.79. The number of oxime groups is 1. The summed E-state index contributed by atoms with van der Waals surface area (Å²) in [5, 5.41) is 12.7. The van der Waals surface area contributed by atoms with E-state index in [4.69, 9.17) is 0 Å². The molecule has 1 N–H and O–H groups in total. The predicted molar refractivity (Wildman–Crippen MR) is 78.1 cm³/mol. The summed E-state index contributed by atoms with van der Waals surface area (Å²) in [6.07, 6.45) is 11.4. The minimum Gasteiger partial charge on any atom is -0.410 e. The molecule has 2 heteroatoms. The van der Waals surface area contributed by atoms with E-state index in [9.17, 15) is 5.21 Å². The van der Waals surface area contributed by atoms with Crippen molar-refractivity contribution < 1.29 is 5.21 Å². The molecule has 0 radical (unpaired) electrons. The summed E-state index contributed by atoms with van der Waals surface area (Å²) in [7, 11) is 0. The van der Waals surface area contributed by atoms with Crippen LogP contribution < -0.4 is 0 Å². The first kappa shape index (κ1) is 14.5. The zero-order valence-electron chi connectivity index (χ0n) is 11.8. The fourth-order valence-electron chi connectivity index (χ4n) is 1.90. The van der Waals surface area contributed by atoms with E-state index in [1.807, 2.05) is 0 Å². The third-order valence-corrected chi connectivity index (χ3v) is 2.84. The van der Waals surface area contributed by atoms with Gasteiger partial charge in [0.1, 0.15) is 5.71 Å². The Morgan fingerprint density at radius 1 is 0.944 bits per heavy atom. The molecule has 1 aliphatic rings. The first-order chi connectivity index (χ1) is 8.54. The Morgan fingerprint density at radius 2 is 1.39 bits per heavy atom. The summed E-state index contributed by atoms with van der Waals surface area (Å²) in [5.41, 5.74) is 5.49. The maximum absolute atomic E-state index is 9.23. The van der Waals surface area contributed by atoms with Crippen LogP contribution in [-0.2, 0) is 0 Å². The van der Waals surface area contributed by atoms with Crippen LogP contribution in [0.2, 0.25) is 0 Å². The molecule has 0 saturated heterocycles. The summed E-state index contributed by atoms with van der Waals surface area (Å²) in [6, 6.07) is 0. The first-order valence-corrected chi connectivity index (χ1v) is 6.45. The van der Waals surface area contributed by atoms with Crippen LogP contribution in [0.4, 0.5) is 0 Å². The summed E-state index contributed by atoms with van der Waals surface area (Å²) in [4.78, 5) is 0. The van der Waals surface area contributed by atoms with Crippen molar-refractivity contribution in [3.05, 3.63) is 46.6 Å². The molecular formula is C16H23NO. The second kappa shape index (κ2) is 7.00. The molecule has 1 rings (SSSR count). The van der Waals surface area contributed by atoms with Crippen LogP contribution in [0, 0.1) is 0 Å². The Morgan fingerprint density at radius 3 is 1.72 bits per heavy atom. The van der Waals surface area contributed by atoms with Gasteiger partial charge in [-0.25, -0.2) is 0 Å². The number of hydrogen-bond acceptors (Lipinski definition) is 2. The molecule has 18 heavy (non-hydrogen) atoms. The van der Waals surface area contributed by atoms with E-state index in [0.29, 0.717) is 0 Å². The van der Waals surface area contributed by atoms with Gasteiger partial charge in [0.25, 0.3) is 0 Å². The molecule has 1 fully saturated rings. The second-order valence-corrected chi connectivity index (χ2v) is 5.17. The fourth-order valence-corrected chi connectivity index (χ4v) is 1.90. The van der Waals surface area contributed by atoms with Crippen molar-refractivity contribution in [1.82, 2.24) is 0 Å². The topological polar surface area (TPSA) is 32.6 Å². The largest absolute Gasteiger partial charge is 0.410 e.